The van der Waals surface area contributed by atoms with Crippen LogP contribution in [-0.2, 0) is 19.2 Å². The minimum Gasteiger partial charge on any atom is -0.480 e. The predicted molar refractivity (Wildman–Crippen MR) is 81.8 cm³/mol. The van der Waals surface area contributed by atoms with Crippen LogP contribution in [0.5, 0.6) is 0 Å². The molecule has 0 saturated heterocycles. The van der Waals surface area contributed by atoms with Crippen molar-refractivity contribution in [1.29, 1.82) is 0 Å². The average Bonchev–Trinajstić information content (AvgIpc) is 2.43. The Morgan fingerprint density at radius 2 is 1.00 bits per heavy atom. The van der Waals surface area contributed by atoms with E-state index in [1.54, 1.807) is 13.8 Å². The molecule has 0 spiro atoms. The van der Waals surface area contributed by atoms with E-state index in [0.717, 1.165) is 0 Å². The maximum absolute atomic E-state index is 11.2. The minimum atomic E-state index is -1.22. The van der Waals surface area contributed by atoms with Gasteiger partial charge >= 0.3 is 23.9 Å². The quantitative estimate of drug-likeness (QED) is 0.342. The zero-order valence-corrected chi connectivity index (χ0v) is 13.7. The summed E-state index contributed by atoms with van der Waals surface area (Å²) in [4.78, 5) is 46.7. The van der Waals surface area contributed by atoms with Crippen LogP contribution in [0.15, 0.2) is 0 Å². The Labute approximate surface area is 139 Å². The van der Waals surface area contributed by atoms with Gasteiger partial charge in [-0.15, -0.1) is 0 Å². The summed E-state index contributed by atoms with van der Waals surface area (Å²) in [6, 6.07) is -2.09. The van der Waals surface area contributed by atoms with Gasteiger partial charge in [0, 0.05) is 13.1 Å². The van der Waals surface area contributed by atoms with Crippen LogP contribution in [0.4, 0.5) is 0 Å². The van der Waals surface area contributed by atoms with Crippen LogP contribution >= 0.6 is 0 Å². The van der Waals surface area contributed by atoms with Gasteiger partial charge in [0.1, 0.15) is 12.1 Å². The molecule has 0 bridgehead atoms. The largest absolute Gasteiger partial charge is 0.480 e. The van der Waals surface area contributed by atoms with Crippen LogP contribution in [0.1, 0.15) is 26.7 Å². The number of carboxylic acid groups (broad SMARTS) is 4. The van der Waals surface area contributed by atoms with Crippen molar-refractivity contribution in [3.8, 4) is 0 Å². The lowest BCUT2D eigenvalue weighted by Crippen LogP contribution is -2.50. The van der Waals surface area contributed by atoms with Gasteiger partial charge < -0.3 is 20.4 Å². The van der Waals surface area contributed by atoms with E-state index >= 15 is 0 Å². The van der Waals surface area contributed by atoms with Crippen LogP contribution in [0.2, 0.25) is 0 Å². The first-order valence-electron chi connectivity index (χ1n) is 7.51. The Hall–Kier alpha value is -2.20. The monoisotopic (exact) mass is 348 g/mol. The first-order chi connectivity index (χ1) is 11.1. The maximum Gasteiger partial charge on any atom is 0.320 e. The van der Waals surface area contributed by atoms with Crippen molar-refractivity contribution in [1.82, 2.24) is 9.80 Å². The maximum atomic E-state index is 11.2. The van der Waals surface area contributed by atoms with Crippen molar-refractivity contribution in [3.05, 3.63) is 0 Å². The molecule has 0 radical (unpaired) electrons. The van der Waals surface area contributed by atoms with Crippen LogP contribution in [0.3, 0.4) is 0 Å². The van der Waals surface area contributed by atoms with E-state index in [9.17, 15) is 29.4 Å². The van der Waals surface area contributed by atoms with Crippen molar-refractivity contribution < 1.29 is 39.6 Å². The van der Waals surface area contributed by atoms with Gasteiger partial charge in [0.05, 0.1) is 13.1 Å². The van der Waals surface area contributed by atoms with Crippen molar-refractivity contribution in [2.75, 3.05) is 26.2 Å². The fraction of sp³-hybridized carbons (Fsp3) is 0.714. The lowest BCUT2D eigenvalue weighted by atomic mass is 10.1. The standard InChI is InChI=1S/C14H24N2O8/c1-3-9(13(21)22)15(7-11(17)18)5-6-16(8-12(19)20)10(4-2)14(23)24/h9-10H,3-8H2,1-2H3,(H,17,18)(H,19,20)(H,21,22)(H,23,24). The molecule has 0 aliphatic carbocycles. The van der Waals surface area contributed by atoms with E-state index < -0.39 is 49.1 Å². The number of hydrogen-bond donors (Lipinski definition) is 4. The Kier molecular flexibility index (Phi) is 9.58. The summed E-state index contributed by atoms with van der Waals surface area (Å²) in [7, 11) is 0. The van der Waals surface area contributed by atoms with E-state index in [1.807, 2.05) is 0 Å². The van der Waals surface area contributed by atoms with Gasteiger partial charge in [-0.3, -0.25) is 29.0 Å². The van der Waals surface area contributed by atoms with Crippen molar-refractivity contribution in [2.24, 2.45) is 0 Å². The van der Waals surface area contributed by atoms with E-state index in [-0.39, 0.29) is 25.9 Å². The highest BCUT2D eigenvalue weighted by Crippen LogP contribution is 2.09. The fourth-order valence-electron chi connectivity index (χ4n) is 2.47. The van der Waals surface area contributed by atoms with Gasteiger partial charge in [-0.2, -0.15) is 0 Å². The molecule has 0 aliphatic rings. The van der Waals surface area contributed by atoms with E-state index in [2.05, 4.69) is 0 Å². The molecule has 138 valence electrons. The molecule has 10 nitrogen and oxygen atoms in total. The SMILES string of the molecule is CCC(C(=O)O)N(CCN(CC(=O)O)C(CC)C(=O)O)CC(=O)O. The van der Waals surface area contributed by atoms with Crippen molar-refractivity contribution >= 4 is 23.9 Å². The van der Waals surface area contributed by atoms with Gasteiger partial charge in [0.15, 0.2) is 0 Å². The average molecular weight is 348 g/mol. The molecule has 0 aromatic carbocycles. The predicted octanol–water partition coefficient (Wildman–Crippen LogP) is -0.514. The first-order valence-corrected chi connectivity index (χ1v) is 7.51. The summed E-state index contributed by atoms with van der Waals surface area (Å²) >= 11 is 0. The third-order valence-corrected chi connectivity index (χ3v) is 3.58. The Balaban J connectivity index is 5.20. The molecule has 0 fully saturated rings. The normalized spacial score (nSPS) is 13.7. The number of rotatable bonds is 13. The molecule has 0 aromatic heterocycles. The number of nitrogens with zero attached hydrogens (tertiary/aromatic N) is 2. The van der Waals surface area contributed by atoms with Crippen molar-refractivity contribution in [3.63, 3.8) is 0 Å². The molecule has 2 atom stereocenters. The molecule has 0 saturated carbocycles. The molecule has 4 N–H and O–H groups in total. The molecule has 10 heteroatoms. The highest BCUT2D eigenvalue weighted by molar-refractivity contribution is 5.76. The highest BCUT2D eigenvalue weighted by atomic mass is 16.4. The second kappa shape index (κ2) is 10.6. The summed E-state index contributed by atoms with van der Waals surface area (Å²) in [5.41, 5.74) is 0. The smallest absolute Gasteiger partial charge is 0.320 e. The van der Waals surface area contributed by atoms with E-state index in [0.29, 0.717) is 0 Å². The number of carboxylic acids is 4. The Bertz CT molecular complexity index is 426. The van der Waals surface area contributed by atoms with Crippen LogP contribution in [-0.4, -0.2) is 92.4 Å². The van der Waals surface area contributed by atoms with Crippen LogP contribution in [0, 0.1) is 0 Å². The zero-order valence-electron chi connectivity index (χ0n) is 13.7. The number of carbonyl (C=O) groups is 4. The van der Waals surface area contributed by atoms with Gasteiger partial charge in [0.2, 0.25) is 0 Å². The van der Waals surface area contributed by atoms with Crippen LogP contribution < -0.4 is 0 Å². The second-order valence-corrected chi connectivity index (χ2v) is 5.25. The zero-order chi connectivity index (χ0) is 18.9. The van der Waals surface area contributed by atoms with Crippen LogP contribution in [0.25, 0.3) is 0 Å². The third-order valence-electron chi connectivity index (χ3n) is 3.58. The van der Waals surface area contributed by atoms with E-state index in [1.165, 1.54) is 9.80 Å². The Morgan fingerprint density at radius 3 is 1.17 bits per heavy atom. The summed E-state index contributed by atoms with van der Waals surface area (Å²) in [6.07, 6.45) is 0.329. The third kappa shape index (κ3) is 7.38. The number of aliphatic carboxylic acids is 4. The molecule has 0 amide bonds. The van der Waals surface area contributed by atoms with Gasteiger partial charge in [-0.25, -0.2) is 0 Å². The van der Waals surface area contributed by atoms with Gasteiger partial charge in [0.25, 0.3) is 0 Å². The lowest BCUT2D eigenvalue weighted by Gasteiger charge is -2.31. The number of hydrogen-bond acceptors (Lipinski definition) is 6. The van der Waals surface area contributed by atoms with Gasteiger partial charge in [-0.05, 0) is 12.8 Å². The summed E-state index contributed by atoms with van der Waals surface area (Å²) in [5.74, 6) is -4.81. The molecule has 0 heterocycles. The molecule has 0 aliphatic heterocycles. The Morgan fingerprint density at radius 1 is 0.708 bits per heavy atom. The second-order valence-electron chi connectivity index (χ2n) is 5.25. The van der Waals surface area contributed by atoms with E-state index in [4.69, 9.17) is 10.2 Å². The lowest BCUT2D eigenvalue weighted by molar-refractivity contribution is -0.150. The molecule has 2 unspecified atom stereocenters. The molecule has 24 heavy (non-hydrogen) atoms. The van der Waals surface area contributed by atoms with Crippen molar-refractivity contribution in [2.45, 2.75) is 38.8 Å². The summed E-state index contributed by atoms with van der Waals surface area (Å²) in [6.45, 7) is 1.97. The molecule has 0 rings (SSSR count). The highest BCUT2D eigenvalue weighted by Gasteiger charge is 2.29. The summed E-state index contributed by atoms with van der Waals surface area (Å²) < 4.78 is 0. The topological polar surface area (TPSA) is 156 Å². The molecular weight excluding hydrogens is 324 g/mol. The molecular formula is C14H24N2O8. The van der Waals surface area contributed by atoms with Gasteiger partial charge in [-0.1, -0.05) is 13.8 Å². The first kappa shape index (κ1) is 21.8. The minimum absolute atomic E-state index is 0.0752. The fourth-order valence-corrected chi connectivity index (χ4v) is 2.47. The molecule has 0 aromatic rings. The summed E-state index contributed by atoms with van der Waals surface area (Å²) in [5, 5.41) is 36.2.